The van der Waals surface area contributed by atoms with Crippen LogP contribution in [0.15, 0.2) is 48.5 Å². The maximum Gasteiger partial charge on any atom is 0.0421 e. The molecule has 0 bridgehead atoms. The van der Waals surface area contributed by atoms with Crippen LogP contribution in [0, 0.1) is 0 Å². The van der Waals surface area contributed by atoms with E-state index in [2.05, 4.69) is 46.2 Å². The van der Waals surface area contributed by atoms with Crippen LogP contribution < -0.4 is 4.90 Å². The van der Waals surface area contributed by atoms with Crippen LogP contribution in [-0.2, 0) is 13.0 Å². The van der Waals surface area contributed by atoms with Gasteiger partial charge in [-0.1, -0.05) is 41.9 Å². The number of nitrogens with zero attached hydrogens (tertiary/aromatic N) is 2. The van der Waals surface area contributed by atoms with Gasteiger partial charge in [-0.25, -0.2) is 0 Å². The number of hydrogen-bond acceptors (Lipinski definition) is 2. The number of piperazine rings is 1. The van der Waals surface area contributed by atoms with Crippen molar-refractivity contribution in [2.24, 2.45) is 0 Å². The summed E-state index contributed by atoms with van der Waals surface area (Å²) in [5.74, 6) is 0. The van der Waals surface area contributed by atoms with E-state index in [1.54, 1.807) is 0 Å². The van der Waals surface area contributed by atoms with Crippen molar-refractivity contribution in [3.8, 4) is 0 Å². The lowest BCUT2D eigenvalue weighted by Crippen LogP contribution is -2.54. The first-order valence-corrected chi connectivity index (χ1v) is 8.49. The Kier molecular flexibility index (Phi) is 3.81. The number of fused-ring (bicyclic) bond motifs is 3. The van der Waals surface area contributed by atoms with Gasteiger partial charge in [0.25, 0.3) is 0 Å². The molecule has 22 heavy (non-hydrogen) atoms. The minimum absolute atomic E-state index is 0.663. The van der Waals surface area contributed by atoms with Crippen molar-refractivity contribution in [2.75, 3.05) is 24.5 Å². The largest absolute Gasteiger partial charge is 0.366 e. The molecule has 0 aromatic heterocycles. The molecule has 3 heteroatoms. The highest BCUT2D eigenvalue weighted by atomic mass is 35.5. The van der Waals surface area contributed by atoms with Crippen LogP contribution in [0.4, 0.5) is 5.69 Å². The molecular formula is C19H21ClN2. The van der Waals surface area contributed by atoms with E-state index in [9.17, 15) is 0 Å². The lowest BCUT2D eigenvalue weighted by Gasteiger charge is -2.46. The van der Waals surface area contributed by atoms with E-state index in [-0.39, 0.29) is 0 Å². The number of benzene rings is 2. The summed E-state index contributed by atoms with van der Waals surface area (Å²) in [7, 11) is 0. The summed E-state index contributed by atoms with van der Waals surface area (Å²) in [6.45, 7) is 4.46. The first-order valence-electron chi connectivity index (χ1n) is 8.11. The smallest absolute Gasteiger partial charge is 0.0421 e. The topological polar surface area (TPSA) is 6.48 Å². The van der Waals surface area contributed by atoms with Gasteiger partial charge in [0.15, 0.2) is 0 Å². The summed E-state index contributed by atoms with van der Waals surface area (Å²) in [5, 5.41) is 0.817. The van der Waals surface area contributed by atoms with Crippen molar-refractivity contribution in [1.82, 2.24) is 4.90 Å². The fourth-order valence-corrected chi connectivity index (χ4v) is 3.93. The van der Waals surface area contributed by atoms with Crippen LogP contribution in [0.2, 0.25) is 5.02 Å². The molecule has 1 fully saturated rings. The molecule has 2 heterocycles. The molecule has 2 nitrogen and oxygen atoms in total. The Balaban J connectivity index is 1.46. The summed E-state index contributed by atoms with van der Waals surface area (Å²) in [6.07, 6.45) is 2.49. The van der Waals surface area contributed by atoms with E-state index in [0.717, 1.165) is 31.2 Å². The number of hydrogen-bond donors (Lipinski definition) is 0. The predicted molar refractivity (Wildman–Crippen MR) is 92.6 cm³/mol. The second-order valence-corrected chi connectivity index (χ2v) is 6.81. The van der Waals surface area contributed by atoms with Gasteiger partial charge in [0.1, 0.15) is 0 Å². The molecule has 0 radical (unpaired) electrons. The number of halogens is 1. The summed E-state index contributed by atoms with van der Waals surface area (Å²) >= 11 is 5.97. The zero-order chi connectivity index (χ0) is 14.9. The van der Waals surface area contributed by atoms with Gasteiger partial charge in [0, 0.05) is 42.9 Å². The van der Waals surface area contributed by atoms with Crippen molar-refractivity contribution < 1.29 is 0 Å². The van der Waals surface area contributed by atoms with Crippen LogP contribution in [-0.4, -0.2) is 30.6 Å². The zero-order valence-electron chi connectivity index (χ0n) is 12.7. The quantitative estimate of drug-likeness (QED) is 0.827. The van der Waals surface area contributed by atoms with E-state index in [0.29, 0.717) is 6.04 Å². The minimum Gasteiger partial charge on any atom is -0.366 e. The lowest BCUT2D eigenvalue weighted by molar-refractivity contribution is 0.207. The third kappa shape index (κ3) is 2.73. The summed E-state index contributed by atoms with van der Waals surface area (Å²) in [6, 6.07) is 17.8. The Labute approximate surface area is 137 Å². The Morgan fingerprint density at radius 3 is 2.68 bits per heavy atom. The van der Waals surface area contributed by atoms with Crippen molar-refractivity contribution in [1.29, 1.82) is 0 Å². The van der Waals surface area contributed by atoms with E-state index in [4.69, 9.17) is 11.6 Å². The van der Waals surface area contributed by atoms with Gasteiger partial charge in [-0.2, -0.15) is 0 Å². The predicted octanol–water partition coefficient (Wildman–Crippen LogP) is 3.98. The van der Waals surface area contributed by atoms with Gasteiger partial charge in [0.05, 0.1) is 0 Å². The molecule has 0 amide bonds. The fourth-order valence-electron chi connectivity index (χ4n) is 3.80. The van der Waals surface area contributed by atoms with Crippen LogP contribution in [0.25, 0.3) is 0 Å². The van der Waals surface area contributed by atoms with E-state index < -0.39 is 0 Å². The molecule has 2 aliphatic rings. The third-order valence-corrected chi connectivity index (χ3v) is 5.19. The highest BCUT2D eigenvalue weighted by molar-refractivity contribution is 6.30. The summed E-state index contributed by atoms with van der Waals surface area (Å²) in [4.78, 5) is 5.20. The van der Waals surface area contributed by atoms with Crippen molar-refractivity contribution in [3.05, 3.63) is 64.7 Å². The Morgan fingerprint density at radius 2 is 1.82 bits per heavy atom. The van der Waals surface area contributed by atoms with Crippen LogP contribution in [0.3, 0.4) is 0 Å². The summed E-state index contributed by atoms with van der Waals surface area (Å²) in [5.41, 5.74) is 4.34. The highest BCUT2D eigenvalue weighted by Crippen LogP contribution is 2.32. The normalized spacial score (nSPS) is 21.3. The molecule has 2 aromatic carbocycles. The highest BCUT2D eigenvalue weighted by Gasteiger charge is 2.31. The molecule has 0 aliphatic carbocycles. The molecule has 0 saturated carbocycles. The standard InChI is InChI=1S/C19H21ClN2/c20-17-8-5-15(6-9-17)13-21-11-12-22-18(14-21)10-7-16-3-1-2-4-19(16)22/h1-6,8-9,18H,7,10-14H2. The summed E-state index contributed by atoms with van der Waals surface area (Å²) < 4.78 is 0. The van der Waals surface area contributed by atoms with Crippen molar-refractivity contribution in [2.45, 2.75) is 25.4 Å². The van der Waals surface area contributed by atoms with Gasteiger partial charge in [0.2, 0.25) is 0 Å². The Hall–Kier alpha value is -1.51. The zero-order valence-corrected chi connectivity index (χ0v) is 13.5. The molecule has 1 unspecified atom stereocenters. The van der Waals surface area contributed by atoms with Crippen LogP contribution in [0.1, 0.15) is 17.5 Å². The molecule has 1 saturated heterocycles. The fraction of sp³-hybridized carbons (Fsp3) is 0.368. The number of aryl methyl sites for hydroxylation is 1. The molecule has 2 aliphatic heterocycles. The molecule has 1 atom stereocenters. The molecule has 2 aromatic rings. The van der Waals surface area contributed by atoms with Gasteiger partial charge >= 0.3 is 0 Å². The first kappa shape index (κ1) is 14.1. The van der Waals surface area contributed by atoms with E-state index in [1.807, 2.05) is 12.1 Å². The van der Waals surface area contributed by atoms with Gasteiger partial charge in [-0.15, -0.1) is 0 Å². The minimum atomic E-state index is 0.663. The Morgan fingerprint density at radius 1 is 1.00 bits per heavy atom. The SMILES string of the molecule is Clc1ccc(CN2CCN3c4ccccc4CCC3C2)cc1. The van der Waals surface area contributed by atoms with E-state index in [1.165, 1.54) is 29.7 Å². The van der Waals surface area contributed by atoms with Crippen LogP contribution >= 0.6 is 11.6 Å². The molecule has 0 N–H and O–H groups in total. The molecule has 0 spiro atoms. The van der Waals surface area contributed by atoms with Gasteiger partial charge in [-0.05, 0) is 42.2 Å². The second kappa shape index (κ2) is 5.94. The second-order valence-electron chi connectivity index (χ2n) is 6.38. The van der Waals surface area contributed by atoms with Crippen LogP contribution in [0.5, 0.6) is 0 Å². The third-order valence-electron chi connectivity index (χ3n) is 4.93. The van der Waals surface area contributed by atoms with Gasteiger partial charge < -0.3 is 4.90 Å². The molecule has 114 valence electrons. The lowest BCUT2D eigenvalue weighted by atomic mass is 9.94. The average molecular weight is 313 g/mol. The monoisotopic (exact) mass is 312 g/mol. The number of para-hydroxylation sites is 1. The van der Waals surface area contributed by atoms with E-state index >= 15 is 0 Å². The first-order chi connectivity index (χ1) is 10.8. The van der Waals surface area contributed by atoms with Gasteiger partial charge in [-0.3, -0.25) is 4.90 Å². The molecule has 4 rings (SSSR count). The van der Waals surface area contributed by atoms with Crippen molar-refractivity contribution >= 4 is 17.3 Å². The average Bonchev–Trinajstić information content (AvgIpc) is 2.57. The van der Waals surface area contributed by atoms with Crippen molar-refractivity contribution in [3.63, 3.8) is 0 Å². The number of anilines is 1. The molecular weight excluding hydrogens is 292 g/mol. The Bertz CT molecular complexity index is 653. The maximum absolute atomic E-state index is 5.97. The number of rotatable bonds is 2. The maximum atomic E-state index is 5.97.